The molecule has 0 saturated carbocycles. The van der Waals surface area contributed by atoms with Crippen molar-refractivity contribution in [2.45, 2.75) is 0 Å². The maximum Gasteiger partial charge on any atom is 0.0845 e. The Balaban J connectivity index is 3.05. The quantitative estimate of drug-likeness (QED) is 0.434. The van der Waals surface area contributed by atoms with Gasteiger partial charge in [-0.2, -0.15) is 0 Å². The highest BCUT2D eigenvalue weighted by Gasteiger charge is 1.76. The van der Waals surface area contributed by atoms with E-state index < -0.39 is 11.4 Å². The minimum atomic E-state index is -2.48. The van der Waals surface area contributed by atoms with Gasteiger partial charge in [-0.15, -0.1) is 0 Å². The van der Waals surface area contributed by atoms with Gasteiger partial charge in [0.1, 0.15) is 0 Å². The van der Waals surface area contributed by atoms with Gasteiger partial charge in [-0.3, -0.25) is 4.18 Å². The molecule has 0 aromatic rings. The number of hydrogen-bond donors (Lipinski definition) is 1. The Morgan fingerprint density at radius 2 is 2.50 bits per heavy atom. The van der Waals surface area contributed by atoms with Crippen molar-refractivity contribution in [3.8, 4) is 0 Å². The molecule has 0 spiro atoms. The molecular weight excluding hydrogens is 132 g/mol. The molecule has 4 nitrogen and oxygen atoms in total. The Morgan fingerprint density at radius 1 is 1.88 bits per heavy atom. The first kappa shape index (κ1) is 7.61. The van der Waals surface area contributed by atoms with E-state index in [-0.39, 0.29) is 6.61 Å². The van der Waals surface area contributed by atoms with E-state index in [1.165, 1.54) is 0 Å². The van der Waals surface area contributed by atoms with Crippen molar-refractivity contribution in [3.05, 3.63) is 12.3 Å². The zero-order valence-corrected chi connectivity index (χ0v) is 4.76. The normalized spacial score (nSPS) is 14.6. The largest absolute Gasteiger partial charge is 0.750 e. The van der Waals surface area contributed by atoms with Crippen molar-refractivity contribution in [1.29, 1.82) is 0 Å². The minimum Gasteiger partial charge on any atom is -0.750 e. The summed E-state index contributed by atoms with van der Waals surface area (Å²) in [5.74, 6) is 0. The first-order valence-electron chi connectivity index (χ1n) is 1.79. The second-order valence-corrected chi connectivity index (χ2v) is 1.52. The van der Waals surface area contributed by atoms with E-state index in [2.05, 4.69) is 4.18 Å². The molecule has 8 heavy (non-hydrogen) atoms. The van der Waals surface area contributed by atoms with Crippen LogP contribution >= 0.6 is 0 Å². The van der Waals surface area contributed by atoms with Gasteiger partial charge in [0.15, 0.2) is 0 Å². The number of aliphatic hydroxyl groups excluding tert-OH is 1. The lowest BCUT2D eigenvalue weighted by atomic mass is 10.7. The monoisotopic (exact) mass is 137 g/mol. The smallest absolute Gasteiger partial charge is 0.0845 e. The lowest BCUT2D eigenvalue weighted by molar-refractivity contribution is 0.330. The van der Waals surface area contributed by atoms with Crippen molar-refractivity contribution >= 4 is 11.4 Å². The third kappa shape index (κ3) is 5.61. The zero-order valence-electron chi connectivity index (χ0n) is 3.94. The third-order valence-electron chi connectivity index (χ3n) is 0.366. The van der Waals surface area contributed by atoms with Crippen LogP contribution in [-0.4, -0.2) is 20.5 Å². The molecule has 48 valence electrons. The van der Waals surface area contributed by atoms with Crippen molar-refractivity contribution in [1.82, 2.24) is 0 Å². The molecule has 0 aliphatic heterocycles. The fourth-order valence-electron chi connectivity index (χ4n) is 0.138. The number of aliphatic hydroxyl groups is 1. The molecule has 0 fully saturated rings. The van der Waals surface area contributed by atoms with Crippen molar-refractivity contribution in [2.24, 2.45) is 0 Å². The lowest BCUT2D eigenvalue weighted by Gasteiger charge is -1.99. The Kier molecular flexibility index (Phi) is 4.53. The summed E-state index contributed by atoms with van der Waals surface area (Å²) in [6.45, 7) is -0.118. The Hall–Kier alpha value is -0.390. The maximum absolute atomic E-state index is 9.54. The Morgan fingerprint density at radius 3 is 2.88 bits per heavy atom. The Labute approximate surface area is 49.3 Å². The van der Waals surface area contributed by atoms with Gasteiger partial charge >= 0.3 is 0 Å². The summed E-state index contributed by atoms with van der Waals surface area (Å²) in [6, 6.07) is 0. The Bertz CT molecular complexity index is 99.5. The molecule has 0 bridgehead atoms. The highest BCUT2D eigenvalue weighted by molar-refractivity contribution is 7.74. The lowest BCUT2D eigenvalue weighted by Crippen LogP contribution is -1.93. The average Bonchev–Trinajstić information content (AvgIpc) is 1.66. The van der Waals surface area contributed by atoms with Gasteiger partial charge in [0.2, 0.25) is 0 Å². The van der Waals surface area contributed by atoms with E-state index >= 15 is 0 Å². The molecule has 1 atom stereocenters. The van der Waals surface area contributed by atoms with Gasteiger partial charge in [0.25, 0.3) is 0 Å². The molecule has 0 rings (SSSR count). The van der Waals surface area contributed by atoms with Crippen LogP contribution in [0.4, 0.5) is 0 Å². The molecule has 0 amide bonds. The maximum atomic E-state index is 9.54. The van der Waals surface area contributed by atoms with Gasteiger partial charge in [0.05, 0.1) is 24.2 Å². The van der Waals surface area contributed by atoms with Crippen LogP contribution in [0.5, 0.6) is 0 Å². The van der Waals surface area contributed by atoms with Crippen LogP contribution in [0.1, 0.15) is 0 Å². The molecule has 0 heterocycles. The second-order valence-electron chi connectivity index (χ2n) is 0.873. The van der Waals surface area contributed by atoms with E-state index in [4.69, 9.17) is 5.11 Å². The molecule has 0 aromatic carbocycles. The van der Waals surface area contributed by atoms with Gasteiger partial charge < -0.3 is 9.66 Å². The minimum absolute atomic E-state index is 0.118. The molecule has 1 N–H and O–H groups in total. The van der Waals surface area contributed by atoms with Crippen LogP contribution in [0.2, 0.25) is 0 Å². The van der Waals surface area contributed by atoms with E-state index in [1.807, 2.05) is 0 Å². The van der Waals surface area contributed by atoms with E-state index in [9.17, 15) is 8.76 Å². The fourth-order valence-corrected chi connectivity index (χ4v) is 0.328. The summed E-state index contributed by atoms with van der Waals surface area (Å²) in [5, 5.41) is 7.92. The average molecular weight is 137 g/mol. The molecule has 5 heteroatoms. The van der Waals surface area contributed by atoms with E-state index in [0.29, 0.717) is 6.26 Å². The fraction of sp³-hybridized carbons (Fsp3) is 0.333. The molecule has 0 saturated heterocycles. The summed E-state index contributed by atoms with van der Waals surface area (Å²) in [7, 11) is 0. The SMILES string of the molecule is O=S([O-])OCC=CO. The van der Waals surface area contributed by atoms with E-state index in [1.54, 1.807) is 0 Å². The van der Waals surface area contributed by atoms with Crippen LogP contribution in [0.25, 0.3) is 0 Å². The molecule has 0 radical (unpaired) electrons. The molecule has 0 aliphatic rings. The van der Waals surface area contributed by atoms with Crippen molar-refractivity contribution in [2.75, 3.05) is 6.61 Å². The van der Waals surface area contributed by atoms with Gasteiger partial charge in [0, 0.05) is 0 Å². The number of rotatable bonds is 3. The topological polar surface area (TPSA) is 69.6 Å². The first-order chi connectivity index (χ1) is 3.77. The summed E-state index contributed by atoms with van der Waals surface area (Å²) in [5.41, 5.74) is 0. The molecular formula is C3H5O4S-. The second kappa shape index (κ2) is 4.76. The number of hydrogen-bond acceptors (Lipinski definition) is 4. The van der Waals surface area contributed by atoms with Crippen LogP contribution in [-0.2, 0) is 15.5 Å². The van der Waals surface area contributed by atoms with Gasteiger partial charge in [-0.25, -0.2) is 4.21 Å². The zero-order chi connectivity index (χ0) is 6.41. The standard InChI is InChI=1S/C3H6O4S/c4-2-1-3-7-8(5)6/h1-2,4H,3H2,(H,5,6)/p-1. The van der Waals surface area contributed by atoms with Crippen molar-refractivity contribution < 1.29 is 18.1 Å². The van der Waals surface area contributed by atoms with Gasteiger partial charge in [-0.05, 0) is 6.08 Å². The summed E-state index contributed by atoms with van der Waals surface area (Å²) in [4.78, 5) is 0. The van der Waals surface area contributed by atoms with Crippen LogP contribution in [0, 0.1) is 0 Å². The van der Waals surface area contributed by atoms with E-state index in [0.717, 1.165) is 6.08 Å². The molecule has 1 unspecified atom stereocenters. The highest BCUT2D eigenvalue weighted by atomic mass is 32.2. The summed E-state index contributed by atoms with van der Waals surface area (Å²) < 4.78 is 23.0. The van der Waals surface area contributed by atoms with Crippen molar-refractivity contribution in [3.63, 3.8) is 0 Å². The van der Waals surface area contributed by atoms with Crippen LogP contribution in [0.3, 0.4) is 0 Å². The molecule has 0 aromatic heterocycles. The van der Waals surface area contributed by atoms with Gasteiger partial charge in [-0.1, -0.05) is 0 Å². The molecule has 0 aliphatic carbocycles. The first-order valence-corrected chi connectivity index (χ1v) is 2.79. The predicted octanol–water partition coefficient (Wildman–Crippen LogP) is -0.131. The van der Waals surface area contributed by atoms with Crippen LogP contribution < -0.4 is 0 Å². The highest BCUT2D eigenvalue weighted by Crippen LogP contribution is 1.77. The summed E-state index contributed by atoms with van der Waals surface area (Å²) >= 11 is -2.48. The summed E-state index contributed by atoms with van der Waals surface area (Å²) in [6.07, 6.45) is 1.88. The predicted molar refractivity (Wildman–Crippen MR) is 26.6 cm³/mol. The van der Waals surface area contributed by atoms with Crippen LogP contribution in [0.15, 0.2) is 12.3 Å². The third-order valence-corrected chi connectivity index (χ3v) is 0.694.